The Labute approximate surface area is 176 Å². The number of aryl methyl sites for hydroxylation is 1. The molecular formula is C23H26N4O3. The molecule has 0 bridgehead atoms. The number of benzene rings is 2. The third-order valence-electron chi connectivity index (χ3n) is 5.15. The fourth-order valence-corrected chi connectivity index (χ4v) is 3.65. The van der Waals surface area contributed by atoms with Crippen LogP contribution >= 0.6 is 0 Å². The fourth-order valence-electron chi connectivity index (χ4n) is 3.65. The van der Waals surface area contributed by atoms with Gasteiger partial charge in [0.25, 0.3) is 5.89 Å². The molecule has 0 spiro atoms. The van der Waals surface area contributed by atoms with Crippen molar-refractivity contribution in [2.24, 2.45) is 0 Å². The van der Waals surface area contributed by atoms with Crippen LogP contribution in [0.1, 0.15) is 48.1 Å². The summed E-state index contributed by atoms with van der Waals surface area (Å²) in [4.78, 5) is 19.2. The van der Waals surface area contributed by atoms with E-state index in [0.717, 1.165) is 36.1 Å². The Morgan fingerprint density at radius 3 is 2.87 bits per heavy atom. The third-order valence-corrected chi connectivity index (χ3v) is 5.15. The van der Waals surface area contributed by atoms with E-state index in [9.17, 15) is 4.79 Å². The molecule has 156 valence electrons. The molecule has 7 nitrogen and oxygen atoms in total. The Balaban J connectivity index is 1.38. The molecule has 30 heavy (non-hydrogen) atoms. The number of hydrogen-bond acceptors (Lipinski definition) is 5. The Morgan fingerprint density at radius 2 is 2.03 bits per heavy atom. The highest BCUT2D eigenvalue weighted by Gasteiger charge is 2.31. The van der Waals surface area contributed by atoms with Gasteiger partial charge in [-0.1, -0.05) is 47.6 Å². The average Bonchev–Trinajstić information content (AvgIpc) is 3.23. The molecule has 1 aliphatic rings. The lowest BCUT2D eigenvalue weighted by Gasteiger charge is -2.33. The zero-order chi connectivity index (χ0) is 20.8. The van der Waals surface area contributed by atoms with E-state index in [1.807, 2.05) is 61.5 Å². The Morgan fingerprint density at radius 1 is 1.17 bits per heavy atom. The van der Waals surface area contributed by atoms with Crippen molar-refractivity contribution < 1.29 is 14.1 Å². The zero-order valence-electron chi connectivity index (χ0n) is 17.1. The van der Waals surface area contributed by atoms with Crippen LogP contribution in [0.15, 0.2) is 59.1 Å². The number of carbonyl (C=O) groups excluding carboxylic acids is 1. The molecule has 1 fully saturated rings. The second-order valence-electron chi connectivity index (χ2n) is 7.53. The van der Waals surface area contributed by atoms with Crippen LogP contribution in [0.4, 0.5) is 10.5 Å². The summed E-state index contributed by atoms with van der Waals surface area (Å²) in [5.41, 5.74) is 2.97. The Bertz CT molecular complexity index is 973. The number of carbonyl (C=O) groups is 1. The quantitative estimate of drug-likeness (QED) is 0.633. The van der Waals surface area contributed by atoms with E-state index in [0.29, 0.717) is 24.9 Å². The van der Waals surface area contributed by atoms with Gasteiger partial charge < -0.3 is 19.5 Å². The van der Waals surface area contributed by atoms with Gasteiger partial charge >= 0.3 is 6.03 Å². The average molecular weight is 406 g/mol. The van der Waals surface area contributed by atoms with Crippen LogP contribution in [0.3, 0.4) is 0 Å². The minimum Gasteiger partial charge on any atom is -0.367 e. The molecule has 1 unspecified atom stereocenters. The summed E-state index contributed by atoms with van der Waals surface area (Å²) in [6, 6.07) is 17.4. The summed E-state index contributed by atoms with van der Waals surface area (Å²) in [6.07, 6.45) is 2.79. The van der Waals surface area contributed by atoms with Gasteiger partial charge in [-0.2, -0.15) is 4.98 Å². The standard InChI is InChI=1S/C23H26N4O3/c1-17-8-7-11-19(14-17)24-23(28)27-13-6-5-12-20(27)22-25-21(30-26-22)16-29-15-18-9-3-2-4-10-18/h2-4,7-11,14,20H,5-6,12-13,15-16H2,1H3,(H,24,28). The van der Waals surface area contributed by atoms with Gasteiger partial charge in [0.15, 0.2) is 5.82 Å². The van der Waals surface area contributed by atoms with E-state index in [2.05, 4.69) is 15.5 Å². The van der Waals surface area contributed by atoms with E-state index < -0.39 is 0 Å². The number of hydrogen-bond donors (Lipinski definition) is 1. The number of aromatic nitrogens is 2. The highest BCUT2D eigenvalue weighted by molar-refractivity contribution is 5.89. The fraction of sp³-hybridized carbons (Fsp3) is 0.348. The van der Waals surface area contributed by atoms with Crippen molar-refractivity contribution in [2.75, 3.05) is 11.9 Å². The molecule has 3 aromatic rings. The minimum atomic E-state index is -0.199. The first-order chi connectivity index (χ1) is 14.7. The van der Waals surface area contributed by atoms with E-state index in [1.165, 1.54) is 0 Å². The summed E-state index contributed by atoms with van der Waals surface area (Å²) in [5.74, 6) is 0.956. The van der Waals surface area contributed by atoms with Crippen molar-refractivity contribution in [1.82, 2.24) is 15.0 Å². The molecule has 0 radical (unpaired) electrons. The lowest BCUT2D eigenvalue weighted by Crippen LogP contribution is -2.41. The summed E-state index contributed by atoms with van der Waals surface area (Å²) < 4.78 is 11.1. The SMILES string of the molecule is Cc1cccc(NC(=O)N2CCCCC2c2noc(COCc3ccccc3)n2)c1. The van der Waals surface area contributed by atoms with Crippen LogP contribution in [-0.2, 0) is 18.0 Å². The molecule has 1 N–H and O–H groups in total. The smallest absolute Gasteiger partial charge is 0.322 e. The first-order valence-corrected chi connectivity index (χ1v) is 10.3. The van der Waals surface area contributed by atoms with Crippen molar-refractivity contribution in [2.45, 2.75) is 45.4 Å². The van der Waals surface area contributed by atoms with Crippen LogP contribution in [0.5, 0.6) is 0 Å². The first-order valence-electron chi connectivity index (χ1n) is 10.3. The molecule has 0 saturated carbocycles. The minimum absolute atomic E-state index is 0.142. The van der Waals surface area contributed by atoms with Gasteiger partial charge in [-0.05, 0) is 49.4 Å². The van der Waals surface area contributed by atoms with Crippen molar-refractivity contribution in [3.8, 4) is 0 Å². The van der Waals surface area contributed by atoms with Gasteiger partial charge in [-0.25, -0.2) is 4.79 Å². The van der Waals surface area contributed by atoms with E-state index in [4.69, 9.17) is 9.26 Å². The van der Waals surface area contributed by atoms with Gasteiger partial charge in [0, 0.05) is 12.2 Å². The largest absolute Gasteiger partial charge is 0.367 e. The highest BCUT2D eigenvalue weighted by Crippen LogP contribution is 2.30. The van der Waals surface area contributed by atoms with E-state index in [1.54, 1.807) is 4.90 Å². The van der Waals surface area contributed by atoms with Crippen LogP contribution in [0.2, 0.25) is 0 Å². The lowest BCUT2D eigenvalue weighted by molar-refractivity contribution is 0.0850. The maximum Gasteiger partial charge on any atom is 0.322 e. The normalized spacial score (nSPS) is 16.4. The summed E-state index contributed by atoms with van der Waals surface area (Å²) >= 11 is 0. The van der Waals surface area contributed by atoms with Crippen LogP contribution in [0.25, 0.3) is 0 Å². The molecule has 4 rings (SSSR count). The highest BCUT2D eigenvalue weighted by atomic mass is 16.5. The van der Waals surface area contributed by atoms with Crippen LogP contribution < -0.4 is 5.32 Å². The van der Waals surface area contributed by atoms with E-state index in [-0.39, 0.29) is 18.7 Å². The number of amides is 2. The molecule has 0 aliphatic carbocycles. The van der Waals surface area contributed by atoms with Gasteiger partial charge in [-0.15, -0.1) is 0 Å². The van der Waals surface area contributed by atoms with Gasteiger partial charge in [0.2, 0.25) is 0 Å². The molecule has 1 saturated heterocycles. The van der Waals surface area contributed by atoms with E-state index >= 15 is 0 Å². The van der Waals surface area contributed by atoms with Crippen molar-refractivity contribution in [3.63, 3.8) is 0 Å². The number of anilines is 1. The maximum atomic E-state index is 12.9. The Kier molecular flexibility index (Phi) is 6.39. The first kappa shape index (κ1) is 20.1. The number of piperidine rings is 1. The van der Waals surface area contributed by atoms with Crippen LogP contribution in [0, 0.1) is 6.92 Å². The second-order valence-corrected chi connectivity index (χ2v) is 7.53. The summed E-state index contributed by atoms with van der Waals surface area (Å²) in [5, 5.41) is 7.12. The van der Waals surface area contributed by atoms with Gasteiger partial charge in [0.1, 0.15) is 6.61 Å². The topological polar surface area (TPSA) is 80.5 Å². The van der Waals surface area contributed by atoms with Crippen molar-refractivity contribution in [1.29, 1.82) is 0 Å². The third kappa shape index (κ3) is 5.04. The number of rotatable bonds is 6. The molecular weight excluding hydrogens is 380 g/mol. The monoisotopic (exact) mass is 406 g/mol. The number of urea groups is 1. The maximum absolute atomic E-state index is 12.9. The predicted molar refractivity (Wildman–Crippen MR) is 113 cm³/mol. The molecule has 2 amide bonds. The summed E-state index contributed by atoms with van der Waals surface area (Å²) in [6.45, 7) is 3.38. The summed E-state index contributed by atoms with van der Waals surface area (Å²) in [7, 11) is 0. The molecule has 2 aromatic carbocycles. The molecule has 7 heteroatoms. The number of ether oxygens (including phenoxy) is 1. The van der Waals surface area contributed by atoms with Gasteiger partial charge in [0.05, 0.1) is 12.6 Å². The lowest BCUT2D eigenvalue weighted by atomic mass is 10.0. The van der Waals surface area contributed by atoms with Crippen molar-refractivity contribution >= 4 is 11.7 Å². The molecule has 2 heterocycles. The van der Waals surface area contributed by atoms with Crippen LogP contribution in [-0.4, -0.2) is 27.6 Å². The van der Waals surface area contributed by atoms with Gasteiger partial charge in [-0.3, -0.25) is 0 Å². The molecule has 1 aliphatic heterocycles. The number of nitrogens with one attached hydrogen (secondary N) is 1. The van der Waals surface area contributed by atoms with Crippen molar-refractivity contribution in [3.05, 3.63) is 77.4 Å². The molecule has 1 aromatic heterocycles. The Hall–Kier alpha value is -3.19. The number of nitrogens with zero attached hydrogens (tertiary/aromatic N) is 3. The number of likely N-dealkylation sites (tertiary alicyclic amines) is 1. The zero-order valence-corrected chi connectivity index (χ0v) is 17.1. The predicted octanol–water partition coefficient (Wildman–Crippen LogP) is 4.85. The molecule has 1 atom stereocenters. The second kappa shape index (κ2) is 9.54.